The highest BCUT2D eigenvalue weighted by Gasteiger charge is 2.27. The molecule has 0 atom stereocenters. The molecule has 37 heavy (non-hydrogen) atoms. The molecule has 4 aromatic rings. The molecule has 1 heterocycles. The highest BCUT2D eigenvalue weighted by atomic mass is 16.1. The van der Waals surface area contributed by atoms with Gasteiger partial charge in [0, 0.05) is 60.5 Å². The van der Waals surface area contributed by atoms with Crippen molar-refractivity contribution < 1.29 is 9.59 Å². The predicted octanol–water partition coefficient (Wildman–Crippen LogP) is 5.38. The van der Waals surface area contributed by atoms with Gasteiger partial charge >= 0.3 is 0 Å². The lowest BCUT2D eigenvalue weighted by atomic mass is 10.0. The summed E-state index contributed by atoms with van der Waals surface area (Å²) in [6, 6.07) is 28.2. The maximum atomic E-state index is 12.7. The second-order valence-corrected chi connectivity index (χ2v) is 9.93. The number of rotatable bonds is 7. The van der Waals surface area contributed by atoms with Gasteiger partial charge in [-0.2, -0.15) is 0 Å². The summed E-state index contributed by atoms with van der Waals surface area (Å²) in [5, 5.41) is 5.65. The third-order valence-corrected chi connectivity index (χ3v) is 7.65. The molecule has 5 nitrogen and oxygen atoms in total. The van der Waals surface area contributed by atoms with E-state index < -0.39 is 0 Å². The van der Waals surface area contributed by atoms with E-state index in [4.69, 9.17) is 0 Å². The molecule has 1 saturated heterocycles. The smallest absolute Gasteiger partial charge is 0.251 e. The zero-order chi connectivity index (χ0) is 25.2. The first-order valence-electron chi connectivity index (χ1n) is 13.2. The van der Waals surface area contributed by atoms with Crippen LogP contribution < -0.4 is 10.2 Å². The molecular weight excluding hydrogens is 458 g/mol. The van der Waals surface area contributed by atoms with Crippen molar-refractivity contribution in [1.29, 1.82) is 0 Å². The lowest BCUT2D eigenvalue weighted by Crippen LogP contribution is -2.46. The van der Waals surface area contributed by atoms with Crippen molar-refractivity contribution in [1.82, 2.24) is 10.2 Å². The molecule has 1 aliphatic carbocycles. The van der Waals surface area contributed by atoms with Crippen molar-refractivity contribution in [3.05, 3.63) is 102 Å². The second kappa shape index (κ2) is 10.2. The summed E-state index contributed by atoms with van der Waals surface area (Å²) in [7, 11) is 0. The monoisotopic (exact) mass is 489 g/mol. The SMILES string of the molecule is O=C(NCCCCN1CCN(c2cccc3ccccc23)CC1)c1ccc2c(c1)C(=O)c1ccccc1-2. The number of benzene rings is 4. The van der Waals surface area contributed by atoms with Gasteiger partial charge in [-0.25, -0.2) is 0 Å². The predicted molar refractivity (Wildman–Crippen MR) is 149 cm³/mol. The third-order valence-electron chi connectivity index (χ3n) is 7.65. The van der Waals surface area contributed by atoms with Crippen molar-refractivity contribution in [2.75, 3.05) is 44.2 Å². The van der Waals surface area contributed by atoms with Crippen LogP contribution in [0, 0.1) is 0 Å². The topological polar surface area (TPSA) is 52.7 Å². The lowest BCUT2D eigenvalue weighted by molar-refractivity contribution is 0.0952. The van der Waals surface area contributed by atoms with E-state index in [1.165, 1.54) is 16.5 Å². The van der Waals surface area contributed by atoms with Crippen LogP contribution in [0.25, 0.3) is 21.9 Å². The summed E-state index contributed by atoms with van der Waals surface area (Å²) in [6.45, 7) is 5.87. The van der Waals surface area contributed by atoms with Crippen LogP contribution >= 0.6 is 0 Å². The highest BCUT2D eigenvalue weighted by molar-refractivity contribution is 6.22. The maximum absolute atomic E-state index is 12.7. The summed E-state index contributed by atoms with van der Waals surface area (Å²) in [6.07, 6.45) is 1.98. The Labute approximate surface area is 217 Å². The summed E-state index contributed by atoms with van der Waals surface area (Å²) >= 11 is 0. The van der Waals surface area contributed by atoms with Crippen LogP contribution in [-0.2, 0) is 0 Å². The Morgan fingerprint density at radius 1 is 0.730 bits per heavy atom. The van der Waals surface area contributed by atoms with Gasteiger partial charge in [-0.3, -0.25) is 14.5 Å². The number of unbranched alkanes of at least 4 members (excludes halogenated alkanes) is 1. The van der Waals surface area contributed by atoms with E-state index in [0.717, 1.165) is 56.7 Å². The normalized spacial score (nSPS) is 15.0. The number of anilines is 1. The molecule has 1 fully saturated rings. The fourth-order valence-corrected chi connectivity index (χ4v) is 5.63. The number of piperazine rings is 1. The summed E-state index contributed by atoms with van der Waals surface area (Å²) in [5.74, 6) is -0.115. The molecule has 4 aromatic carbocycles. The van der Waals surface area contributed by atoms with Gasteiger partial charge in [0.15, 0.2) is 5.78 Å². The van der Waals surface area contributed by atoms with Crippen molar-refractivity contribution in [3.63, 3.8) is 0 Å². The quantitative estimate of drug-likeness (QED) is 0.312. The van der Waals surface area contributed by atoms with E-state index in [-0.39, 0.29) is 11.7 Å². The van der Waals surface area contributed by atoms with Crippen LogP contribution in [0.1, 0.15) is 39.1 Å². The van der Waals surface area contributed by atoms with Gasteiger partial charge in [0.25, 0.3) is 5.91 Å². The van der Waals surface area contributed by atoms with Gasteiger partial charge in [-0.1, -0.05) is 66.7 Å². The molecule has 0 aromatic heterocycles. The number of fused-ring (bicyclic) bond motifs is 4. The van der Waals surface area contributed by atoms with E-state index >= 15 is 0 Å². The van der Waals surface area contributed by atoms with Gasteiger partial charge in [0.1, 0.15) is 0 Å². The van der Waals surface area contributed by atoms with E-state index in [1.54, 1.807) is 6.07 Å². The van der Waals surface area contributed by atoms with Gasteiger partial charge < -0.3 is 10.2 Å². The Balaban J connectivity index is 0.953. The number of amides is 1. The number of ketones is 1. The zero-order valence-corrected chi connectivity index (χ0v) is 21.0. The van der Waals surface area contributed by atoms with Crippen molar-refractivity contribution in [2.24, 2.45) is 0 Å². The first-order chi connectivity index (χ1) is 18.2. The molecule has 0 bridgehead atoms. The van der Waals surface area contributed by atoms with Gasteiger partial charge in [-0.15, -0.1) is 0 Å². The number of carbonyl (C=O) groups excluding carboxylic acids is 2. The van der Waals surface area contributed by atoms with E-state index in [9.17, 15) is 9.59 Å². The molecular formula is C32H31N3O2. The summed E-state index contributed by atoms with van der Waals surface area (Å²) < 4.78 is 0. The number of nitrogens with one attached hydrogen (secondary N) is 1. The highest BCUT2D eigenvalue weighted by Crippen LogP contribution is 2.36. The molecule has 0 spiro atoms. The Morgan fingerprint density at radius 2 is 1.46 bits per heavy atom. The minimum Gasteiger partial charge on any atom is -0.368 e. The second-order valence-electron chi connectivity index (χ2n) is 9.93. The van der Waals surface area contributed by atoms with Crippen LogP contribution in [0.5, 0.6) is 0 Å². The van der Waals surface area contributed by atoms with E-state index in [0.29, 0.717) is 23.2 Å². The molecule has 2 aliphatic rings. The average Bonchev–Trinajstić information content (AvgIpc) is 3.24. The van der Waals surface area contributed by atoms with E-state index in [1.807, 2.05) is 36.4 Å². The number of hydrogen-bond acceptors (Lipinski definition) is 4. The number of carbonyl (C=O) groups is 2. The number of nitrogens with zero attached hydrogens (tertiary/aromatic N) is 2. The molecule has 0 unspecified atom stereocenters. The minimum atomic E-state index is -0.116. The van der Waals surface area contributed by atoms with Gasteiger partial charge in [-0.05, 0) is 54.1 Å². The van der Waals surface area contributed by atoms with Crippen LogP contribution in [0.15, 0.2) is 84.9 Å². The summed E-state index contributed by atoms with van der Waals surface area (Å²) in [4.78, 5) is 30.5. The Morgan fingerprint density at radius 3 is 2.32 bits per heavy atom. The lowest BCUT2D eigenvalue weighted by Gasteiger charge is -2.36. The van der Waals surface area contributed by atoms with Crippen LogP contribution in [0.4, 0.5) is 5.69 Å². The molecule has 5 heteroatoms. The minimum absolute atomic E-state index is 0.000739. The fraction of sp³-hybridized carbons (Fsp3) is 0.250. The van der Waals surface area contributed by atoms with Crippen LogP contribution in [-0.4, -0.2) is 55.9 Å². The van der Waals surface area contributed by atoms with E-state index in [2.05, 4.69) is 57.6 Å². The Bertz CT molecular complexity index is 1460. The third kappa shape index (κ3) is 4.63. The Kier molecular flexibility index (Phi) is 6.46. The molecule has 1 amide bonds. The molecule has 1 N–H and O–H groups in total. The molecule has 0 saturated carbocycles. The van der Waals surface area contributed by atoms with Crippen molar-refractivity contribution >= 4 is 28.2 Å². The van der Waals surface area contributed by atoms with Gasteiger partial charge in [0.05, 0.1) is 0 Å². The van der Waals surface area contributed by atoms with Crippen molar-refractivity contribution in [2.45, 2.75) is 12.8 Å². The number of hydrogen-bond donors (Lipinski definition) is 1. The zero-order valence-electron chi connectivity index (χ0n) is 21.0. The van der Waals surface area contributed by atoms with Crippen molar-refractivity contribution in [3.8, 4) is 11.1 Å². The molecule has 1 aliphatic heterocycles. The fourth-order valence-electron chi connectivity index (χ4n) is 5.63. The van der Waals surface area contributed by atoms with Gasteiger partial charge in [0.2, 0.25) is 0 Å². The van der Waals surface area contributed by atoms with Crippen LogP contribution in [0.3, 0.4) is 0 Å². The van der Waals surface area contributed by atoms with Crippen LogP contribution in [0.2, 0.25) is 0 Å². The molecule has 0 radical (unpaired) electrons. The average molecular weight is 490 g/mol. The molecule has 186 valence electrons. The first-order valence-corrected chi connectivity index (χ1v) is 13.2. The maximum Gasteiger partial charge on any atom is 0.251 e. The standard InChI is InChI=1S/C32H31N3O2/c36-31-28-12-4-3-11-26(28)27-15-14-24(22-29(27)31)32(37)33-16-5-6-17-34-18-20-35(21-19-34)30-13-7-9-23-8-1-2-10-25(23)30/h1-4,7-15,22H,5-6,16-21H2,(H,33,37). The first kappa shape index (κ1) is 23.4. The Hall–Kier alpha value is -3.96. The largest absolute Gasteiger partial charge is 0.368 e. The summed E-state index contributed by atoms with van der Waals surface area (Å²) in [5.41, 5.74) is 5.08. The molecule has 6 rings (SSSR count).